The molecule has 2 aliphatic rings. The van der Waals surface area contributed by atoms with Gasteiger partial charge in [-0.1, -0.05) is 46.6 Å². The molecule has 2 aliphatic heterocycles. The zero-order valence-electron chi connectivity index (χ0n) is 18.1. The monoisotopic (exact) mass is 553 g/mol. The summed E-state index contributed by atoms with van der Waals surface area (Å²) in [5.41, 5.74) is 4.65. The van der Waals surface area contributed by atoms with Crippen molar-refractivity contribution in [2.24, 2.45) is 0 Å². The average Bonchev–Trinajstić information content (AvgIpc) is 3.16. The Hall–Kier alpha value is -2.14. The lowest BCUT2D eigenvalue weighted by Crippen LogP contribution is -2.45. The highest BCUT2D eigenvalue weighted by molar-refractivity contribution is 9.08. The van der Waals surface area contributed by atoms with Crippen molar-refractivity contribution < 1.29 is 17.6 Å². The number of H-pyrrole nitrogens is 1. The molecular formula is C22H21BrClN3O5S. The first-order valence-electron chi connectivity index (χ1n) is 10.3. The number of hydrogen-bond acceptors (Lipinski definition) is 6. The molecule has 8 nitrogen and oxygen atoms in total. The number of halogens is 2. The van der Waals surface area contributed by atoms with Gasteiger partial charge in [0.1, 0.15) is 23.3 Å². The van der Waals surface area contributed by atoms with E-state index in [1.165, 1.54) is 16.4 Å². The summed E-state index contributed by atoms with van der Waals surface area (Å²) in [4.78, 5) is 11.8. The molecule has 3 aromatic rings. The molecule has 2 unspecified atom stereocenters. The van der Waals surface area contributed by atoms with Crippen LogP contribution < -0.4 is 10.5 Å². The molecule has 174 valence electrons. The van der Waals surface area contributed by atoms with Gasteiger partial charge in [0, 0.05) is 22.3 Å². The third kappa shape index (κ3) is 3.38. The second-order valence-corrected chi connectivity index (χ2v) is 11.2. The Morgan fingerprint density at radius 2 is 2.06 bits per heavy atom. The highest BCUT2D eigenvalue weighted by atomic mass is 79.9. The largest absolute Gasteiger partial charge is 0.490 e. The van der Waals surface area contributed by atoms with Crippen LogP contribution in [0.25, 0.3) is 0 Å². The topological polar surface area (TPSA) is 106 Å². The van der Waals surface area contributed by atoms with Gasteiger partial charge in [0.2, 0.25) is 15.9 Å². The summed E-state index contributed by atoms with van der Waals surface area (Å²) >= 11 is 9.71. The number of alkyl halides is 1. The maximum absolute atomic E-state index is 14.2. The maximum atomic E-state index is 14.2. The molecule has 1 N–H and O–H groups in total. The highest BCUT2D eigenvalue weighted by Crippen LogP contribution is 2.53. The van der Waals surface area contributed by atoms with Gasteiger partial charge < -0.3 is 9.15 Å². The van der Waals surface area contributed by atoms with Gasteiger partial charge in [-0.25, -0.2) is 18.3 Å². The number of sulfonamides is 1. The van der Waals surface area contributed by atoms with Crippen LogP contribution in [0.15, 0.2) is 38.4 Å². The zero-order valence-corrected chi connectivity index (χ0v) is 21.2. The molecule has 11 heteroatoms. The molecule has 5 rings (SSSR count). The first-order valence-corrected chi connectivity index (χ1v) is 13.3. The Morgan fingerprint density at radius 3 is 2.73 bits per heavy atom. The van der Waals surface area contributed by atoms with Crippen LogP contribution in [0.4, 0.5) is 0 Å². The van der Waals surface area contributed by atoms with Gasteiger partial charge in [0.05, 0.1) is 6.04 Å². The van der Waals surface area contributed by atoms with E-state index in [0.29, 0.717) is 15.9 Å². The van der Waals surface area contributed by atoms with E-state index < -0.39 is 27.9 Å². The average molecular weight is 555 g/mol. The number of nitrogens with one attached hydrogen (secondary N) is 1. The van der Waals surface area contributed by atoms with E-state index in [4.69, 9.17) is 20.8 Å². The van der Waals surface area contributed by atoms with Crippen LogP contribution in [0.3, 0.4) is 0 Å². The van der Waals surface area contributed by atoms with Gasteiger partial charge in [0.15, 0.2) is 0 Å². The van der Waals surface area contributed by atoms with Crippen LogP contribution in [0.2, 0.25) is 5.02 Å². The van der Waals surface area contributed by atoms with Crippen LogP contribution in [-0.2, 0) is 15.4 Å². The molecule has 33 heavy (non-hydrogen) atoms. The standard InChI is InChI=1S/C22H21BrClN3O5S/c1-10-4-5-14-16-9-31-17-7-15(24)13(8-23)6-18(17)33(29,30)27(16)20(12(3)19(14)11(10)2)21-25-26-22(28)32-21/h4-7,12,16,20H,8-9H2,1-3H3,(H,26,28)/t12?,16?,20-/m0/s1. The predicted octanol–water partition coefficient (Wildman–Crippen LogP) is 4.51. The van der Waals surface area contributed by atoms with Gasteiger partial charge in [-0.05, 0) is 47.7 Å². The lowest BCUT2D eigenvalue weighted by atomic mass is 9.79. The molecule has 0 saturated carbocycles. The lowest BCUT2D eigenvalue weighted by Gasteiger charge is -2.43. The molecule has 0 bridgehead atoms. The number of nitrogens with zero attached hydrogens (tertiary/aromatic N) is 2. The third-order valence-electron chi connectivity index (χ3n) is 6.61. The second-order valence-electron chi connectivity index (χ2n) is 8.38. The van der Waals surface area contributed by atoms with Crippen molar-refractivity contribution in [1.29, 1.82) is 0 Å². The van der Waals surface area contributed by atoms with Crippen molar-refractivity contribution >= 4 is 37.6 Å². The number of fused-ring (bicyclic) bond motifs is 4. The van der Waals surface area contributed by atoms with Crippen molar-refractivity contribution in [3.63, 3.8) is 0 Å². The van der Waals surface area contributed by atoms with Crippen LogP contribution in [0.5, 0.6) is 5.75 Å². The fraction of sp³-hybridized carbons (Fsp3) is 0.364. The van der Waals surface area contributed by atoms with Gasteiger partial charge in [-0.3, -0.25) is 0 Å². The van der Waals surface area contributed by atoms with Gasteiger partial charge in [0.25, 0.3) is 0 Å². The number of rotatable bonds is 2. The van der Waals surface area contributed by atoms with E-state index in [1.54, 1.807) is 0 Å². The Kier molecular flexibility index (Phi) is 5.47. The first-order chi connectivity index (χ1) is 15.6. The third-order valence-corrected chi connectivity index (χ3v) is 9.47. The minimum atomic E-state index is -4.10. The van der Waals surface area contributed by atoms with E-state index in [0.717, 1.165) is 22.3 Å². The first kappa shape index (κ1) is 22.6. The Morgan fingerprint density at radius 1 is 1.30 bits per heavy atom. The summed E-state index contributed by atoms with van der Waals surface area (Å²) in [7, 11) is -4.10. The maximum Gasteiger partial charge on any atom is 0.434 e. The summed E-state index contributed by atoms with van der Waals surface area (Å²) in [5.74, 6) is -0.857. The number of ether oxygens (including phenoxy) is 1. The lowest BCUT2D eigenvalue weighted by molar-refractivity contribution is 0.134. The minimum absolute atomic E-state index is 0.0192. The molecule has 0 aliphatic carbocycles. The Bertz CT molecular complexity index is 1430. The molecule has 3 atom stereocenters. The molecule has 3 heterocycles. The normalized spacial score (nSPS) is 23.7. The highest BCUT2D eigenvalue weighted by Gasteiger charge is 2.51. The summed E-state index contributed by atoms with van der Waals surface area (Å²) in [6.45, 7) is 6.03. The fourth-order valence-electron chi connectivity index (χ4n) is 4.91. The molecule has 0 amide bonds. The Labute approximate surface area is 204 Å². The van der Waals surface area contributed by atoms with Crippen LogP contribution in [0, 0.1) is 13.8 Å². The van der Waals surface area contributed by atoms with Crippen LogP contribution in [-0.4, -0.2) is 29.5 Å². The molecule has 0 fully saturated rings. The molecule has 2 aromatic carbocycles. The number of aromatic amines is 1. The van der Waals surface area contributed by atoms with Crippen LogP contribution in [0.1, 0.15) is 58.6 Å². The number of benzene rings is 2. The van der Waals surface area contributed by atoms with Crippen molar-refractivity contribution in [2.75, 3.05) is 6.61 Å². The van der Waals surface area contributed by atoms with Gasteiger partial charge in [-0.15, -0.1) is 5.10 Å². The Balaban J connectivity index is 1.82. The van der Waals surface area contributed by atoms with Gasteiger partial charge >= 0.3 is 5.76 Å². The summed E-state index contributed by atoms with van der Waals surface area (Å²) in [6, 6.07) is 5.52. The molecular weight excluding hydrogens is 534 g/mol. The van der Waals surface area contributed by atoms with E-state index >= 15 is 0 Å². The smallest absolute Gasteiger partial charge is 0.434 e. The SMILES string of the molecule is Cc1ccc2c(c1C)C(C)[C@@H](c1n[nH]c(=O)o1)N1C2COc2cc(Cl)c(CBr)cc2S1(=O)=O. The van der Waals surface area contributed by atoms with E-state index in [9.17, 15) is 13.2 Å². The number of aromatic nitrogens is 2. The van der Waals surface area contributed by atoms with Crippen molar-refractivity contribution in [2.45, 2.75) is 49.0 Å². The number of hydrogen-bond donors (Lipinski definition) is 1. The quantitative estimate of drug-likeness (QED) is 0.467. The van der Waals surface area contributed by atoms with Crippen molar-refractivity contribution in [3.8, 4) is 5.75 Å². The fourth-order valence-corrected chi connectivity index (χ4v) is 7.73. The summed E-state index contributed by atoms with van der Waals surface area (Å²) in [5, 5.41) is 7.09. The molecule has 0 spiro atoms. The van der Waals surface area contributed by atoms with E-state index in [1.807, 2.05) is 32.9 Å². The zero-order chi connectivity index (χ0) is 23.7. The summed E-state index contributed by atoms with van der Waals surface area (Å²) in [6.07, 6.45) is 0. The second kappa shape index (κ2) is 7.97. The molecule has 0 radical (unpaired) electrons. The minimum Gasteiger partial charge on any atom is -0.490 e. The van der Waals surface area contributed by atoms with Gasteiger partial charge in [-0.2, -0.15) is 4.31 Å². The van der Waals surface area contributed by atoms with Crippen LogP contribution >= 0.6 is 27.5 Å². The van der Waals surface area contributed by atoms with E-state index in [2.05, 4.69) is 26.1 Å². The number of aryl methyl sites for hydroxylation is 1. The van der Waals surface area contributed by atoms with Crippen molar-refractivity contribution in [1.82, 2.24) is 14.5 Å². The van der Waals surface area contributed by atoms with E-state index in [-0.39, 0.29) is 29.1 Å². The predicted molar refractivity (Wildman–Crippen MR) is 126 cm³/mol. The van der Waals surface area contributed by atoms with Crippen molar-refractivity contribution in [3.05, 3.63) is 73.5 Å². The molecule has 1 aromatic heterocycles. The summed E-state index contributed by atoms with van der Waals surface area (Å²) < 4.78 is 41.1. The molecule has 0 saturated heterocycles.